The maximum atomic E-state index is 12.3. The van der Waals surface area contributed by atoms with Gasteiger partial charge in [-0.15, -0.1) is 0 Å². The Balaban J connectivity index is 1.47. The number of likely N-dealkylation sites (N-methyl/N-ethyl adjacent to an activating group) is 1. The van der Waals surface area contributed by atoms with E-state index in [1.165, 1.54) is 18.7 Å². The van der Waals surface area contributed by atoms with Gasteiger partial charge in [0.05, 0.1) is 0 Å². The summed E-state index contributed by atoms with van der Waals surface area (Å²) in [5, 5.41) is 6.27. The second-order valence-electron chi connectivity index (χ2n) is 7.10. The predicted octanol–water partition coefficient (Wildman–Crippen LogP) is 1.62. The van der Waals surface area contributed by atoms with Gasteiger partial charge in [-0.1, -0.05) is 26.0 Å². The lowest BCUT2D eigenvalue weighted by atomic mass is 9.88. The van der Waals surface area contributed by atoms with Crippen LogP contribution in [0.1, 0.15) is 19.4 Å². The lowest BCUT2D eigenvalue weighted by molar-refractivity contribution is -0.121. The van der Waals surface area contributed by atoms with Crippen molar-refractivity contribution in [2.24, 2.45) is 11.8 Å². The summed E-state index contributed by atoms with van der Waals surface area (Å²) in [5.74, 6) is 0.678. The molecule has 1 aromatic carbocycles. The number of anilines is 1. The minimum Gasteiger partial charge on any atom is -0.326 e. The molecule has 2 aliphatic rings. The molecule has 2 N–H and O–H groups in total. The van der Waals surface area contributed by atoms with Crippen molar-refractivity contribution in [1.82, 2.24) is 15.1 Å². The summed E-state index contributed by atoms with van der Waals surface area (Å²) in [4.78, 5) is 17.3. The fraction of sp³-hybridized carbons (Fsp3) is 0.632. The summed E-state index contributed by atoms with van der Waals surface area (Å²) >= 11 is 0. The zero-order valence-electron chi connectivity index (χ0n) is 14.9. The Labute approximate surface area is 145 Å². The van der Waals surface area contributed by atoms with Crippen LogP contribution >= 0.6 is 0 Å². The molecule has 1 aromatic rings. The Hall–Kier alpha value is -1.43. The molecule has 24 heavy (non-hydrogen) atoms. The molecule has 3 rings (SSSR count). The second kappa shape index (κ2) is 8.10. The highest BCUT2D eigenvalue weighted by molar-refractivity contribution is 5.92. The molecule has 5 nitrogen and oxygen atoms in total. The third-order valence-electron chi connectivity index (χ3n) is 5.47. The lowest BCUT2D eigenvalue weighted by Crippen LogP contribution is -2.48. The average Bonchev–Trinajstić information content (AvgIpc) is 2.55. The fourth-order valence-corrected chi connectivity index (χ4v) is 3.35. The lowest BCUT2D eigenvalue weighted by Gasteiger charge is -2.34. The molecule has 5 heteroatoms. The first-order chi connectivity index (χ1) is 11.7. The van der Waals surface area contributed by atoms with Gasteiger partial charge in [-0.2, -0.15) is 0 Å². The summed E-state index contributed by atoms with van der Waals surface area (Å²) in [5.41, 5.74) is 2.22. The van der Waals surface area contributed by atoms with E-state index in [1.807, 2.05) is 19.1 Å². The van der Waals surface area contributed by atoms with Crippen LogP contribution in [-0.2, 0) is 11.3 Å². The standard InChI is InChI=1S/C19H30N4O/c1-3-22-8-10-23(11-9-22)14-16-4-6-18(7-5-16)21-19(24)15(2)17-12-20-13-17/h4-7,15,17,20H,3,8-14H2,1-2H3,(H,21,24). The summed E-state index contributed by atoms with van der Waals surface area (Å²) in [6, 6.07) is 8.33. The Morgan fingerprint density at radius 2 is 1.79 bits per heavy atom. The summed E-state index contributed by atoms with van der Waals surface area (Å²) < 4.78 is 0. The van der Waals surface area contributed by atoms with E-state index >= 15 is 0 Å². The number of nitrogens with zero attached hydrogens (tertiary/aromatic N) is 2. The number of carbonyl (C=O) groups excluding carboxylic acids is 1. The van der Waals surface area contributed by atoms with Crippen molar-refractivity contribution in [1.29, 1.82) is 0 Å². The van der Waals surface area contributed by atoms with E-state index in [4.69, 9.17) is 0 Å². The van der Waals surface area contributed by atoms with Crippen LogP contribution in [0.2, 0.25) is 0 Å². The van der Waals surface area contributed by atoms with E-state index in [1.54, 1.807) is 0 Å². The van der Waals surface area contributed by atoms with Gasteiger partial charge in [0.25, 0.3) is 0 Å². The Morgan fingerprint density at radius 1 is 1.17 bits per heavy atom. The van der Waals surface area contributed by atoms with E-state index in [0.29, 0.717) is 5.92 Å². The smallest absolute Gasteiger partial charge is 0.227 e. The van der Waals surface area contributed by atoms with Gasteiger partial charge >= 0.3 is 0 Å². The highest BCUT2D eigenvalue weighted by Gasteiger charge is 2.28. The molecule has 1 atom stereocenters. The van der Waals surface area contributed by atoms with Crippen LogP contribution in [0, 0.1) is 11.8 Å². The molecule has 0 bridgehead atoms. The van der Waals surface area contributed by atoms with Crippen LogP contribution in [0.3, 0.4) is 0 Å². The minimum absolute atomic E-state index is 0.0702. The van der Waals surface area contributed by atoms with Crippen molar-refractivity contribution in [3.05, 3.63) is 29.8 Å². The molecule has 0 spiro atoms. The van der Waals surface area contributed by atoms with Crippen molar-refractivity contribution in [3.8, 4) is 0 Å². The largest absolute Gasteiger partial charge is 0.326 e. The number of hydrogen-bond acceptors (Lipinski definition) is 4. The van der Waals surface area contributed by atoms with E-state index in [-0.39, 0.29) is 11.8 Å². The first-order valence-electron chi connectivity index (χ1n) is 9.21. The van der Waals surface area contributed by atoms with Crippen LogP contribution in [0.5, 0.6) is 0 Å². The van der Waals surface area contributed by atoms with Crippen LogP contribution in [-0.4, -0.2) is 61.5 Å². The number of amides is 1. The molecular formula is C19H30N4O. The van der Waals surface area contributed by atoms with Gasteiger partial charge in [-0.25, -0.2) is 0 Å². The third kappa shape index (κ3) is 4.35. The first-order valence-corrected chi connectivity index (χ1v) is 9.21. The quantitative estimate of drug-likeness (QED) is 0.832. The molecule has 2 saturated heterocycles. The van der Waals surface area contributed by atoms with Crippen LogP contribution in [0.4, 0.5) is 5.69 Å². The first kappa shape index (κ1) is 17.4. The maximum absolute atomic E-state index is 12.3. The molecule has 0 saturated carbocycles. The normalized spacial score (nSPS) is 21.2. The van der Waals surface area contributed by atoms with Crippen LogP contribution in [0.25, 0.3) is 0 Å². The van der Waals surface area contributed by atoms with E-state index in [9.17, 15) is 4.79 Å². The summed E-state index contributed by atoms with van der Waals surface area (Å²) in [6.45, 7) is 12.9. The van der Waals surface area contributed by atoms with Gasteiger partial charge in [0, 0.05) is 44.3 Å². The Bertz CT molecular complexity index is 533. The number of benzene rings is 1. The van der Waals surface area contributed by atoms with Gasteiger partial charge in [0.15, 0.2) is 0 Å². The highest BCUT2D eigenvalue weighted by Crippen LogP contribution is 2.19. The average molecular weight is 330 g/mol. The van der Waals surface area contributed by atoms with Crippen molar-refractivity contribution in [3.63, 3.8) is 0 Å². The molecule has 0 radical (unpaired) electrons. The highest BCUT2D eigenvalue weighted by atomic mass is 16.1. The van der Waals surface area contributed by atoms with Crippen molar-refractivity contribution in [2.75, 3.05) is 51.1 Å². The van der Waals surface area contributed by atoms with Crippen LogP contribution in [0.15, 0.2) is 24.3 Å². The fourth-order valence-electron chi connectivity index (χ4n) is 3.35. The van der Waals surface area contributed by atoms with Crippen LogP contribution < -0.4 is 10.6 Å². The van der Waals surface area contributed by atoms with Gasteiger partial charge in [0.1, 0.15) is 0 Å². The monoisotopic (exact) mass is 330 g/mol. The predicted molar refractivity (Wildman–Crippen MR) is 98.0 cm³/mol. The zero-order valence-corrected chi connectivity index (χ0v) is 14.9. The molecule has 2 fully saturated rings. The van der Waals surface area contributed by atoms with Gasteiger partial charge < -0.3 is 15.5 Å². The van der Waals surface area contributed by atoms with Gasteiger partial charge in [0.2, 0.25) is 5.91 Å². The third-order valence-corrected chi connectivity index (χ3v) is 5.47. The second-order valence-corrected chi connectivity index (χ2v) is 7.10. The van der Waals surface area contributed by atoms with E-state index in [0.717, 1.165) is 45.0 Å². The molecule has 1 amide bonds. The number of hydrogen-bond donors (Lipinski definition) is 2. The number of piperazine rings is 1. The minimum atomic E-state index is 0.0702. The molecule has 0 aliphatic carbocycles. The van der Waals surface area contributed by atoms with Crippen molar-refractivity contribution >= 4 is 11.6 Å². The summed E-state index contributed by atoms with van der Waals surface area (Å²) in [7, 11) is 0. The molecular weight excluding hydrogens is 300 g/mol. The molecule has 2 heterocycles. The van der Waals surface area contributed by atoms with Crippen molar-refractivity contribution < 1.29 is 4.79 Å². The summed E-state index contributed by atoms with van der Waals surface area (Å²) in [6.07, 6.45) is 0. The number of rotatable bonds is 6. The van der Waals surface area contributed by atoms with E-state index < -0.39 is 0 Å². The SMILES string of the molecule is CCN1CCN(Cc2ccc(NC(=O)C(C)C3CNC3)cc2)CC1. The Morgan fingerprint density at radius 3 is 2.33 bits per heavy atom. The topological polar surface area (TPSA) is 47.6 Å². The van der Waals surface area contributed by atoms with E-state index in [2.05, 4.69) is 39.5 Å². The van der Waals surface area contributed by atoms with Gasteiger partial charge in [-0.05, 0) is 43.2 Å². The number of nitrogens with one attached hydrogen (secondary N) is 2. The maximum Gasteiger partial charge on any atom is 0.227 e. The molecule has 0 aromatic heterocycles. The number of carbonyl (C=O) groups is 1. The molecule has 1 unspecified atom stereocenters. The molecule has 132 valence electrons. The Kier molecular flexibility index (Phi) is 5.87. The van der Waals surface area contributed by atoms with Gasteiger partial charge in [-0.3, -0.25) is 9.69 Å². The van der Waals surface area contributed by atoms with Crippen molar-refractivity contribution in [2.45, 2.75) is 20.4 Å². The molecule has 2 aliphatic heterocycles. The zero-order chi connectivity index (χ0) is 16.9.